The van der Waals surface area contributed by atoms with E-state index in [1.807, 2.05) is 6.92 Å². The average Bonchev–Trinajstić information content (AvgIpc) is 3.04. The van der Waals surface area contributed by atoms with Crippen molar-refractivity contribution in [2.24, 2.45) is 0 Å². The number of likely N-dealkylation sites (tertiary alicyclic amines) is 1. The van der Waals surface area contributed by atoms with Crippen LogP contribution in [-0.2, 0) is 9.59 Å². The Morgan fingerprint density at radius 3 is 2.44 bits per heavy atom. The van der Waals surface area contributed by atoms with Crippen molar-refractivity contribution < 1.29 is 28.6 Å². The second-order valence-corrected chi connectivity index (χ2v) is 7.61. The van der Waals surface area contributed by atoms with E-state index in [0.717, 1.165) is 18.9 Å². The van der Waals surface area contributed by atoms with E-state index in [-0.39, 0.29) is 16.9 Å². The van der Waals surface area contributed by atoms with Crippen LogP contribution in [0.1, 0.15) is 50.3 Å². The predicted molar refractivity (Wildman–Crippen MR) is 119 cm³/mol. The molecule has 3 rings (SSSR count). The van der Waals surface area contributed by atoms with Crippen molar-refractivity contribution in [3.63, 3.8) is 0 Å². The van der Waals surface area contributed by atoms with Gasteiger partial charge in [-0.05, 0) is 48.7 Å². The van der Waals surface area contributed by atoms with Crippen LogP contribution < -0.4 is 9.47 Å². The van der Waals surface area contributed by atoms with Gasteiger partial charge in [0, 0.05) is 6.54 Å². The molecule has 0 bridgehead atoms. The third-order valence-electron chi connectivity index (χ3n) is 5.38. The number of hydrogen-bond donors (Lipinski definition) is 1. The molecule has 0 saturated carbocycles. The molecule has 1 heterocycles. The lowest BCUT2D eigenvalue weighted by molar-refractivity contribution is -0.139. The molecule has 1 N–H and O–H groups in total. The van der Waals surface area contributed by atoms with Crippen molar-refractivity contribution in [2.45, 2.75) is 39.2 Å². The molecule has 1 fully saturated rings. The maximum atomic E-state index is 13.9. The van der Waals surface area contributed by atoms with Crippen molar-refractivity contribution in [2.75, 3.05) is 20.3 Å². The van der Waals surface area contributed by atoms with Gasteiger partial charge in [0.2, 0.25) is 0 Å². The van der Waals surface area contributed by atoms with Gasteiger partial charge >= 0.3 is 0 Å². The minimum atomic E-state index is -0.810. The number of ether oxygens (including phenoxy) is 2. The van der Waals surface area contributed by atoms with E-state index in [2.05, 4.69) is 6.92 Å². The highest BCUT2D eigenvalue weighted by molar-refractivity contribution is 6.46. The van der Waals surface area contributed by atoms with E-state index in [9.17, 15) is 19.1 Å². The van der Waals surface area contributed by atoms with E-state index in [0.29, 0.717) is 30.9 Å². The number of carbonyl (C=O) groups excluding carboxylic acids is 2. The number of benzene rings is 2. The summed E-state index contributed by atoms with van der Waals surface area (Å²) in [6, 6.07) is 9.95. The summed E-state index contributed by atoms with van der Waals surface area (Å²) >= 11 is 0. The van der Waals surface area contributed by atoms with Gasteiger partial charge in [0.25, 0.3) is 11.7 Å². The topological polar surface area (TPSA) is 76.1 Å². The zero-order valence-electron chi connectivity index (χ0n) is 18.6. The van der Waals surface area contributed by atoms with Gasteiger partial charge in [-0.3, -0.25) is 9.59 Å². The van der Waals surface area contributed by atoms with Gasteiger partial charge in [-0.15, -0.1) is 0 Å². The minimum absolute atomic E-state index is 0.0199. The molecule has 0 radical (unpaired) electrons. The second kappa shape index (κ2) is 10.3. The highest BCUT2D eigenvalue weighted by Gasteiger charge is 2.46. The number of Topliss-reactive ketones (excluding diaryl/α,β-unsaturated/α-hetero) is 1. The molecule has 0 aliphatic carbocycles. The van der Waals surface area contributed by atoms with Gasteiger partial charge in [0.15, 0.2) is 0 Å². The number of ketones is 1. The lowest BCUT2D eigenvalue weighted by Gasteiger charge is -2.25. The molecule has 32 heavy (non-hydrogen) atoms. The summed E-state index contributed by atoms with van der Waals surface area (Å²) in [6.45, 7) is 4.91. The van der Waals surface area contributed by atoms with Gasteiger partial charge in [-0.2, -0.15) is 0 Å². The first kappa shape index (κ1) is 23.3. The van der Waals surface area contributed by atoms with Crippen LogP contribution in [0.15, 0.2) is 48.0 Å². The zero-order chi connectivity index (χ0) is 23.3. The molecule has 1 saturated heterocycles. The SMILES string of the molecule is CCCCOc1ccc(C2/C(=C(\O)c3cc(F)ccc3OC)C(=O)C(=O)N2CCC)cc1. The molecule has 1 amide bonds. The maximum Gasteiger partial charge on any atom is 0.295 e. The number of carbonyl (C=O) groups is 2. The number of hydrogen-bond acceptors (Lipinski definition) is 5. The molecule has 1 aliphatic heterocycles. The lowest BCUT2D eigenvalue weighted by Crippen LogP contribution is -2.30. The fraction of sp³-hybridized carbons (Fsp3) is 0.360. The Labute approximate surface area is 187 Å². The van der Waals surface area contributed by atoms with E-state index >= 15 is 0 Å². The number of aliphatic hydroxyl groups excluding tert-OH is 1. The largest absolute Gasteiger partial charge is 0.507 e. The van der Waals surface area contributed by atoms with Gasteiger partial charge in [0.1, 0.15) is 23.1 Å². The quantitative estimate of drug-likeness (QED) is 0.261. The van der Waals surface area contributed by atoms with Crippen LogP contribution >= 0.6 is 0 Å². The molecule has 0 aromatic heterocycles. The number of rotatable bonds is 9. The molecule has 7 heteroatoms. The molecule has 6 nitrogen and oxygen atoms in total. The molecule has 1 aliphatic rings. The number of unbranched alkanes of at least 4 members (excludes halogenated alkanes) is 1. The Balaban J connectivity index is 2.09. The highest BCUT2D eigenvalue weighted by atomic mass is 19.1. The molecule has 1 unspecified atom stereocenters. The Morgan fingerprint density at radius 1 is 1.09 bits per heavy atom. The summed E-state index contributed by atoms with van der Waals surface area (Å²) in [5, 5.41) is 11.1. The summed E-state index contributed by atoms with van der Waals surface area (Å²) in [5.41, 5.74) is 0.580. The summed E-state index contributed by atoms with van der Waals surface area (Å²) in [4.78, 5) is 27.2. The van der Waals surface area contributed by atoms with Crippen LogP contribution in [0.3, 0.4) is 0 Å². The minimum Gasteiger partial charge on any atom is -0.507 e. The maximum absolute atomic E-state index is 13.9. The van der Waals surface area contributed by atoms with Crippen LogP contribution in [0.2, 0.25) is 0 Å². The Morgan fingerprint density at radius 2 is 1.81 bits per heavy atom. The van der Waals surface area contributed by atoms with Gasteiger partial charge < -0.3 is 19.5 Å². The number of nitrogens with zero attached hydrogens (tertiary/aromatic N) is 1. The van der Waals surface area contributed by atoms with E-state index in [1.54, 1.807) is 24.3 Å². The monoisotopic (exact) mass is 441 g/mol. The fourth-order valence-corrected chi connectivity index (χ4v) is 3.79. The average molecular weight is 441 g/mol. The number of aliphatic hydroxyl groups is 1. The van der Waals surface area contributed by atoms with E-state index in [4.69, 9.17) is 9.47 Å². The lowest BCUT2D eigenvalue weighted by atomic mass is 9.95. The van der Waals surface area contributed by atoms with Crippen molar-refractivity contribution in [1.82, 2.24) is 4.90 Å². The summed E-state index contributed by atoms with van der Waals surface area (Å²) in [6.07, 6.45) is 2.59. The third-order valence-corrected chi connectivity index (χ3v) is 5.38. The molecule has 2 aromatic rings. The molecule has 1 atom stereocenters. The summed E-state index contributed by atoms with van der Waals surface area (Å²) < 4.78 is 24.9. The smallest absolute Gasteiger partial charge is 0.295 e. The van der Waals surface area contributed by atoms with E-state index in [1.165, 1.54) is 24.1 Å². The first-order valence-electron chi connectivity index (χ1n) is 10.8. The summed E-state index contributed by atoms with van der Waals surface area (Å²) in [5.74, 6) is -1.69. The molecule has 0 spiro atoms. The molecule has 2 aromatic carbocycles. The van der Waals surface area contributed by atoms with Crippen LogP contribution in [-0.4, -0.2) is 42.0 Å². The first-order valence-corrected chi connectivity index (χ1v) is 10.8. The summed E-state index contributed by atoms with van der Waals surface area (Å²) in [7, 11) is 1.38. The standard InChI is InChI=1S/C25H28FNO5/c1-4-6-14-32-18-10-7-16(8-11-18)22-21(24(29)25(30)27(22)13-5-2)23(28)19-15-17(26)9-12-20(19)31-3/h7-12,15,22,28H,4-6,13-14H2,1-3H3/b23-21+. The van der Waals surface area contributed by atoms with Crippen LogP contribution in [0, 0.1) is 5.82 Å². The first-order chi connectivity index (χ1) is 15.4. The van der Waals surface area contributed by atoms with Crippen molar-refractivity contribution >= 4 is 17.4 Å². The molecular weight excluding hydrogens is 413 g/mol. The van der Waals surface area contributed by atoms with Crippen LogP contribution in [0.25, 0.3) is 5.76 Å². The predicted octanol–water partition coefficient (Wildman–Crippen LogP) is 4.84. The number of halogens is 1. The van der Waals surface area contributed by atoms with Crippen LogP contribution in [0.5, 0.6) is 11.5 Å². The van der Waals surface area contributed by atoms with Crippen molar-refractivity contribution in [3.8, 4) is 11.5 Å². The van der Waals surface area contributed by atoms with Gasteiger partial charge in [-0.1, -0.05) is 32.4 Å². The number of methoxy groups -OCH3 is 1. The normalized spacial score (nSPS) is 17.6. The Hall–Kier alpha value is -3.35. The zero-order valence-corrected chi connectivity index (χ0v) is 18.6. The van der Waals surface area contributed by atoms with Gasteiger partial charge in [-0.25, -0.2) is 4.39 Å². The highest BCUT2D eigenvalue weighted by Crippen LogP contribution is 2.41. The molecular formula is C25H28FNO5. The Bertz CT molecular complexity index is 1020. The second-order valence-electron chi connectivity index (χ2n) is 7.61. The van der Waals surface area contributed by atoms with Crippen molar-refractivity contribution in [1.29, 1.82) is 0 Å². The third kappa shape index (κ3) is 4.61. The van der Waals surface area contributed by atoms with Crippen LogP contribution in [0.4, 0.5) is 4.39 Å². The van der Waals surface area contributed by atoms with E-state index < -0.39 is 29.3 Å². The van der Waals surface area contributed by atoms with Gasteiger partial charge in [0.05, 0.1) is 30.9 Å². The Kier molecular flexibility index (Phi) is 7.51. The van der Waals surface area contributed by atoms with Crippen molar-refractivity contribution in [3.05, 3.63) is 65.0 Å². The fourth-order valence-electron chi connectivity index (χ4n) is 3.79. The number of amides is 1. The molecule has 170 valence electrons.